The second-order valence-corrected chi connectivity index (χ2v) is 7.24. The lowest BCUT2D eigenvalue weighted by Gasteiger charge is -2.24. The molecule has 0 fully saturated rings. The zero-order valence-corrected chi connectivity index (χ0v) is 16.6. The van der Waals surface area contributed by atoms with Crippen molar-refractivity contribution in [1.82, 2.24) is 20.1 Å². The molecule has 1 N–H and O–H groups in total. The molecule has 3 aromatic rings. The number of thiophene rings is 1. The average Bonchev–Trinajstić information content (AvgIpc) is 3.31. The Labute approximate surface area is 162 Å². The molecule has 0 bridgehead atoms. The molecule has 0 aliphatic carbocycles. The van der Waals surface area contributed by atoms with Gasteiger partial charge in [-0.15, -0.1) is 0 Å². The fourth-order valence-electron chi connectivity index (χ4n) is 2.60. The minimum absolute atomic E-state index is 0.136. The number of urea groups is 1. The van der Waals surface area contributed by atoms with Gasteiger partial charge in [-0.2, -0.15) is 11.3 Å². The van der Waals surface area contributed by atoms with Gasteiger partial charge in [-0.25, -0.2) is 9.78 Å². The zero-order chi connectivity index (χ0) is 19.2. The summed E-state index contributed by atoms with van der Waals surface area (Å²) in [6.45, 7) is 2.24. The van der Waals surface area contributed by atoms with Crippen LogP contribution in [-0.2, 0) is 13.1 Å². The van der Waals surface area contributed by atoms with Crippen LogP contribution in [0.15, 0.2) is 39.4 Å². The standard InChI is InChI=1S/C19H24N4O3S/c1-22(2)7-8-23(12-14-6-9-27-13-14)19(24)20-11-18-21-16-10-15(25-3)4-5-17(16)26-18/h4-6,9-10,13H,7-8,11-12H2,1-3H3,(H,20,24). The molecule has 8 heteroatoms. The number of methoxy groups -OCH3 is 1. The van der Waals surface area contributed by atoms with Gasteiger partial charge in [0.05, 0.1) is 13.7 Å². The molecule has 0 saturated carbocycles. The highest BCUT2D eigenvalue weighted by Gasteiger charge is 2.16. The van der Waals surface area contributed by atoms with Gasteiger partial charge in [-0.1, -0.05) is 0 Å². The van der Waals surface area contributed by atoms with Crippen molar-refractivity contribution in [3.05, 3.63) is 46.5 Å². The summed E-state index contributed by atoms with van der Waals surface area (Å²) in [5, 5.41) is 6.99. The Bertz CT molecular complexity index is 876. The van der Waals surface area contributed by atoms with E-state index in [0.29, 0.717) is 30.1 Å². The summed E-state index contributed by atoms with van der Waals surface area (Å²) in [7, 11) is 5.60. The predicted molar refractivity (Wildman–Crippen MR) is 106 cm³/mol. The molecule has 0 aliphatic rings. The van der Waals surface area contributed by atoms with Gasteiger partial charge in [-0.05, 0) is 48.6 Å². The summed E-state index contributed by atoms with van der Waals surface area (Å²) >= 11 is 1.63. The van der Waals surface area contributed by atoms with Gasteiger partial charge in [0.1, 0.15) is 11.3 Å². The molecule has 0 aliphatic heterocycles. The molecule has 2 aromatic heterocycles. The first-order valence-corrected chi connectivity index (χ1v) is 9.61. The first-order valence-electron chi connectivity index (χ1n) is 8.67. The van der Waals surface area contributed by atoms with Crippen molar-refractivity contribution in [2.24, 2.45) is 0 Å². The van der Waals surface area contributed by atoms with Crippen LogP contribution in [0, 0.1) is 0 Å². The summed E-state index contributed by atoms with van der Waals surface area (Å²) in [4.78, 5) is 21.0. The van der Waals surface area contributed by atoms with Gasteiger partial charge in [0.25, 0.3) is 0 Å². The van der Waals surface area contributed by atoms with Crippen molar-refractivity contribution in [3.8, 4) is 5.75 Å². The van der Waals surface area contributed by atoms with Crippen molar-refractivity contribution in [1.29, 1.82) is 0 Å². The first-order chi connectivity index (χ1) is 13.0. The van der Waals surface area contributed by atoms with Crippen LogP contribution in [0.2, 0.25) is 0 Å². The number of carbonyl (C=O) groups excluding carboxylic acids is 1. The third-order valence-electron chi connectivity index (χ3n) is 4.09. The number of nitrogens with one attached hydrogen (secondary N) is 1. The molecule has 2 amide bonds. The fourth-order valence-corrected chi connectivity index (χ4v) is 3.26. The Hall–Kier alpha value is -2.58. The molecule has 3 rings (SSSR count). The quantitative estimate of drug-likeness (QED) is 0.642. The monoisotopic (exact) mass is 388 g/mol. The van der Waals surface area contributed by atoms with E-state index in [1.165, 1.54) is 0 Å². The summed E-state index contributed by atoms with van der Waals surface area (Å²) in [6.07, 6.45) is 0. The number of ether oxygens (including phenoxy) is 1. The van der Waals surface area contributed by atoms with Gasteiger partial charge in [0, 0.05) is 25.7 Å². The van der Waals surface area contributed by atoms with Crippen molar-refractivity contribution in [2.45, 2.75) is 13.1 Å². The zero-order valence-electron chi connectivity index (χ0n) is 15.8. The smallest absolute Gasteiger partial charge is 0.318 e. The highest BCUT2D eigenvalue weighted by atomic mass is 32.1. The molecule has 2 heterocycles. The van der Waals surface area contributed by atoms with Crippen LogP contribution in [0.4, 0.5) is 4.79 Å². The lowest BCUT2D eigenvalue weighted by atomic mass is 10.3. The largest absolute Gasteiger partial charge is 0.497 e. The lowest BCUT2D eigenvalue weighted by molar-refractivity contribution is 0.187. The maximum absolute atomic E-state index is 12.7. The van der Waals surface area contributed by atoms with Crippen LogP contribution in [-0.4, -0.2) is 55.1 Å². The van der Waals surface area contributed by atoms with Crippen LogP contribution in [0.1, 0.15) is 11.5 Å². The van der Waals surface area contributed by atoms with Crippen LogP contribution in [0.25, 0.3) is 11.1 Å². The number of carbonyl (C=O) groups is 1. The number of likely N-dealkylation sites (N-methyl/N-ethyl adjacent to an activating group) is 1. The molecule has 0 radical (unpaired) electrons. The van der Waals surface area contributed by atoms with Gasteiger partial charge in [0.15, 0.2) is 5.58 Å². The number of fused-ring (bicyclic) bond motifs is 1. The number of nitrogens with zero attached hydrogens (tertiary/aromatic N) is 3. The number of oxazole rings is 1. The topological polar surface area (TPSA) is 70.8 Å². The van der Waals surface area contributed by atoms with Crippen LogP contribution >= 0.6 is 11.3 Å². The van der Waals surface area contributed by atoms with Gasteiger partial charge >= 0.3 is 6.03 Å². The van der Waals surface area contributed by atoms with E-state index in [1.54, 1.807) is 23.3 Å². The van der Waals surface area contributed by atoms with E-state index in [2.05, 4.69) is 20.6 Å². The maximum Gasteiger partial charge on any atom is 0.318 e. The molecule has 0 spiro atoms. The Balaban J connectivity index is 1.63. The summed E-state index contributed by atoms with van der Waals surface area (Å²) in [6, 6.07) is 7.34. The van der Waals surface area contributed by atoms with Crippen molar-refractivity contribution >= 4 is 28.5 Å². The number of hydrogen-bond donors (Lipinski definition) is 1. The molecule has 144 valence electrons. The van der Waals surface area contributed by atoms with E-state index in [1.807, 2.05) is 43.7 Å². The molecule has 0 unspecified atom stereocenters. The lowest BCUT2D eigenvalue weighted by Crippen LogP contribution is -2.42. The predicted octanol–water partition coefficient (Wildman–Crippen LogP) is 3.17. The normalized spacial score (nSPS) is 11.1. The molecule has 0 atom stereocenters. The van der Waals surface area contributed by atoms with E-state index >= 15 is 0 Å². The van der Waals surface area contributed by atoms with E-state index in [0.717, 1.165) is 17.9 Å². The maximum atomic E-state index is 12.7. The first kappa shape index (κ1) is 19.2. The molecule has 27 heavy (non-hydrogen) atoms. The van der Waals surface area contributed by atoms with E-state index in [9.17, 15) is 4.79 Å². The van der Waals surface area contributed by atoms with Crippen molar-refractivity contribution in [3.63, 3.8) is 0 Å². The van der Waals surface area contributed by atoms with Gasteiger partial charge in [-0.3, -0.25) is 0 Å². The number of amides is 2. The van der Waals surface area contributed by atoms with Crippen molar-refractivity contribution in [2.75, 3.05) is 34.3 Å². The van der Waals surface area contributed by atoms with Gasteiger partial charge in [0.2, 0.25) is 5.89 Å². The fraction of sp³-hybridized carbons (Fsp3) is 0.368. The van der Waals surface area contributed by atoms with Crippen LogP contribution in [0.3, 0.4) is 0 Å². The Morgan fingerprint density at radius 3 is 2.85 bits per heavy atom. The second kappa shape index (κ2) is 8.88. The van der Waals surface area contributed by atoms with Crippen LogP contribution < -0.4 is 10.1 Å². The molecule has 0 saturated heterocycles. The number of benzene rings is 1. The van der Waals surface area contributed by atoms with E-state index < -0.39 is 0 Å². The average molecular weight is 388 g/mol. The number of rotatable bonds is 8. The summed E-state index contributed by atoms with van der Waals surface area (Å²) in [5.41, 5.74) is 2.51. The van der Waals surface area contributed by atoms with Gasteiger partial charge < -0.3 is 24.3 Å². The minimum Gasteiger partial charge on any atom is -0.497 e. The summed E-state index contributed by atoms with van der Waals surface area (Å²) in [5.74, 6) is 1.19. The molecular weight excluding hydrogens is 364 g/mol. The second-order valence-electron chi connectivity index (χ2n) is 6.46. The SMILES string of the molecule is COc1ccc2oc(CNC(=O)N(CCN(C)C)Cc3ccsc3)nc2c1. The minimum atomic E-state index is -0.136. The highest BCUT2D eigenvalue weighted by Crippen LogP contribution is 2.21. The van der Waals surface area contributed by atoms with Crippen molar-refractivity contribution < 1.29 is 13.9 Å². The third-order valence-corrected chi connectivity index (χ3v) is 4.82. The number of hydrogen-bond acceptors (Lipinski definition) is 6. The highest BCUT2D eigenvalue weighted by molar-refractivity contribution is 7.07. The Kier molecular flexibility index (Phi) is 6.31. The molecule has 1 aromatic carbocycles. The Morgan fingerprint density at radius 2 is 2.15 bits per heavy atom. The van der Waals surface area contributed by atoms with E-state index in [4.69, 9.17) is 9.15 Å². The molecular formula is C19H24N4O3S. The number of aromatic nitrogens is 1. The Morgan fingerprint density at radius 1 is 1.30 bits per heavy atom. The van der Waals surface area contributed by atoms with Crippen LogP contribution in [0.5, 0.6) is 5.75 Å². The molecule has 7 nitrogen and oxygen atoms in total. The third kappa shape index (κ3) is 5.21. The van der Waals surface area contributed by atoms with E-state index in [-0.39, 0.29) is 12.6 Å². The summed E-state index contributed by atoms with van der Waals surface area (Å²) < 4.78 is 10.9.